The summed E-state index contributed by atoms with van der Waals surface area (Å²) in [5.41, 5.74) is 0.808. The van der Waals surface area contributed by atoms with E-state index in [1.165, 1.54) is 11.8 Å². The van der Waals surface area contributed by atoms with E-state index in [0.717, 1.165) is 10.0 Å². The molecule has 0 aromatic heterocycles. The smallest absolute Gasteiger partial charge is 0.266 e. The highest BCUT2D eigenvalue weighted by molar-refractivity contribution is 9.10. The zero-order valence-electron chi connectivity index (χ0n) is 13.3. The number of nitrogens with zero attached hydrogens (tertiary/aromatic N) is 1. The van der Waals surface area contributed by atoms with Gasteiger partial charge in [0.25, 0.3) is 5.91 Å². The minimum atomic E-state index is -0.0787. The zero-order chi connectivity index (χ0) is 17.7. The second-order valence-corrected chi connectivity index (χ2v) is 7.20. The van der Waals surface area contributed by atoms with Crippen molar-refractivity contribution in [3.05, 3.63) is 27.1 Å². The maximum absolute atomic E-state index is 12.3. The summed E-state index contributed by atoms with van der Waals surface area (Å²) >= 11 is 10.0. The van der Waals surface area contributed by atoms with Crippen molar-refractivity contribution in [3.8, 4) is 23.8 Å². The number of likely N-dealkylation sites (N-methyl/N-ethyl adjacent to an activating group) is 1. The first-order valence-corrected chi connectivity index (χ1v) is 9.31. The fraction of sp³-hybridized carbons (Fsp3) is 0.294. The predicted octanol–water partition coefficient (Wildman–Crippen LogP) is 4.08. The lowest BCUT2D eigenvalue weighted by atomic mass is 10.2. The van der Waals surface area contributed by atoms with Crippen LogP contribution < -0.4 is 9.47 Å². The van der Waals surface area contributed by atoms with E-state index in [-0.39, 0.29) is 12.5 Å². The normalized spacial score (nSPS) is 15.8. The van der Waals surface area contributed by atoms with Crippen LogP contribution in [0.4, 0.5) is 0 Å². The van der Waals surface area contributed by atoms with Gasteiger partial charge in [-0.1, -0.05) is 45.8 Å². The number of terminal acetylenes is 1. The van der Waals surface area contributed by atoms with Crippen molar-refractivity contribution >= 4 is 56.2 Å². The summed E-state index contributed by atoms with van der Waals surface area (Å²) in [6.45, 7) is 4.99. The molecule has 1 saturated heterocycles. The highest BCUT2D eigenvalue weighted by Crippen LogP contribution is 2.38. The number of benzene rings is 1. The largest absolute Gasteiger partial charge is 0.490 e. The SMILES string of the molecule is C#CCOc1cc(Br)c(/C=C2\SC(=S)N(CC)C2=O)cc1OCC. The summed E-state index contributed by atoms with van der Waals surface area (Å²) < 4.78 is 12.5. The van der Waals surface area contributed by atoms with Gasteiger partial charge < -0.3 is 9.47 Å². The maximum atomic E-state index is 12.3. The van der Waals surface area contributed by atoms with E-state index in [2.05, 4.69) is 21.9 Å². The molecule has 7 heteroatoms. The second-order valence-electron chi connectivity index (χ2n) is 4.67. The molecule has 0 bridgehead atoms. The van der Waals surface area contributed by atoms with Crippen LogP contribution in [0, 0.1) is 12.3 Å². The maximum Gasteiger partial charge on any atom is 0.266 e. The first-order chi connectivity index (χ1) is 11.5. The summed E-state index contributed by atoms with van der Waals surface area (Å²) in [6.07, 6.45) is 7.04. The first-order valence-electron chi connectivity index (χ1n) is 7.29. The van der Waals surface area contributed by atoms with E-state index < -0.39 is 0 Å². The number of rotatable bonds is 6. The summed E-state index contributed by atoms with van der Waals surface area (Å²) in [5, 5.41) is 0. The van der Waals surface area contributed by atoms with E-state index in [0.29, 0.717) is 33.9 Å². The van der Waals surface area contributed by atoms with Crippen LogP contribution in [0.5, 0.6) is 11.5 Å². The molecule has 1 aliphatic heterocycles. The monoisotopic (exact) mass is 425 g/mol. The van der Waals surface area contributed by atoms with Crippen molar-refractivity contribution in [1.82, 2.24) is 4.90 Å². The molecule has 1 aromatic carbocycles. The molecule has 0 spiro atoms. The Morgan fingerprint density at radius 1 is 1.38 bits per heavy atom. The van der Waals surface area contributed by atoms with E-state index in [1.807, 2.05) is 19.9 Å². The Kier molecular flexibility index (Phi) is 6.72. The predicted molar refractivity (Wildman–Crippen MR) is 105 cm³/mol. The molecular weight excluding hydrogens is 410 g/mol. The van der Waals surface area contributed by atoms with Gasteiger partial charge in [-0.05, 0) is 37.6 Å². The number of thioether (sulfide) groups is 1. The minimum absolute atomic E-state index is 0.0787. The second kappa shape index (κ2) is 8.56. The fourth-order valence-electron chi connectivity index (χ4n) is 2.08. The zero-order valence-corrected chi connectivity index (χ0v) is 16.5. The van der Waals surface area contributed by atoms with Crippen molar-refractivity contribution in [2.45, 2.75) is 13.8 Å². The lowest BCUT2D eigenvalue weighted by Gasteiger charge is -2.13. The lowest BCUT2D eigenvalue weighted by Crippen LogP contribution is -2.27. The number of ether oxygens (including phenoxy) is 2. The molecule has 0 radical (unpaired) electrons. The van der Waals surface area contributed by atoms with Crippen molar-refractivity contribution in [3.63, 3.8) is 0 Å². The molecule has 0 unspecified atom stereocenters. The van der Waals surface area contributed by atoms with Gasteiger partial charge in [0.15, 0.2) is 11.5 Å². The summed E-state index contributed by atoms with van der Waals surface area (Å²) in [4.78, 5) is 14.5. The number of halogens is 1. The molecule has 1 aliphatic rings. The Morgan fingerprint density at radius 2 is 2.08 bits per heavy atom. The molecule has 0 atom stereocenters. The van der Waals surface area contributed by atoms with Crippen molar-refractivity contribution in [2.75, 3.05) is 19.8 Å². The van der Waals surface area contributed by atoms with Gasteiger partial charge in [-0.3, -0.25) is 9.69 Å². The summed E-state index contributed by atoms with van der Waals surface area (Å²) in [7, 11) is 0. The van der Waals surface area contributed by atoms with Gasteiger partial charge in [-0.25, -0.2) is 0 Å². The Hall–Kier alpha value is -1.49. The van der Waals surface area contributed by atoms with Gasteiger partial charge in [-0.2, -0.15) is 0 Å². The number of carbonyl (C=O) groups excluding carboxylic acids is 1. The third-order valence-electron chi connectivity index (χ3n) is 3.15. The Balaban J connectivity index is 2.39. The molecule has 1 aromatic rings. The number of thiocarbonyl (C=S) groups is 1. The van der Waals surface area contributed by atoms with Crippen LogP contribution in [0.3, 0.4) is 0 Å². The molecule has 126 valence electrons. The van der Waals surface area contributed by atoms with Crippen LogP contribution >= 0.6 is 39.9 Å². The van der Waals surface area contributed by atoms with Crippen LogP contribution in [0.2, 0.25) is 0 Å². The lowest BCUT2D eigenvalue weighted by molar-refractivity contribution is -0.121. The number of amides is 1. The van der Waals surface area contributed by atoms with Crippen molar-refractivity contribution < 1.29 is 14.3 Å². The van der Waals surface area contributed by atoms with E-state index >= 15 is 0 Å². The molecule has 24 heavy (non-hydrogen) atoms. The van der Waals surface area contributed by atoms with Crippen molar-refractivity contribution in [1.29, 1.82) is 0 Å². The molecule has 1 heterocycles. The van der Waals surface area contributed by atoms with Crippen LogP contribution in [0.15, 0.2) is 21.5 Å². The summed E-state index contributed by atoms with van der Waals surface area (Å²) in [6, 6.07) is 3.60. The summed E-state index contributed by atoms with van der Waals surface area (Å²) in [5.74, 6) is 3.48. The average Bonchev–Trinajstić information content (AvgIpc) is 2.82. The molecule has 2 rings (SSSR count). The average molecular weight is 426 g/mol. The molecule has 0 N–H and O–H groups in total. The number of hydrogen-bond donors (Lipinski definition) is 0. The van der Waals surface area contributed by atoms with Gasteiger partial charge in [0.1, 0.15) is 10.9 Å². The minimum Gasteiger partial charge on any atom is -0.490 e. The van der Waals surface area contributed by atoms with E-state index in [9.17, 15) is 4.79 Å². The molecule has 0 aliphatic carbocycles. The Bertz CT molecular complexity index is 740. The molecule has 1 amide bonds. The standard InChI is InChI=1S/C17H16BrNO3S2/c1-4-7-22-14-10-12(18)11(8-13(14)21-6-3)9-15-16(20)19(5-2)17(23)24-15/h1,8-10H,5-7H2,2-3H3/b15-9-. The van der Waals surface area contributed by atoms with Crippen LogP contribution in [0.1, 0.15) is 19.4 Å². The highest BCUT2D eigenvalue weighted by atomic mass is 79.9. The highest BCUT2D eigenvalue weighted by Gasteiger charge is 2.30. The fourth-order valence-corrected chi connectivity index (χ4v) is 3.89. The van der Waals surface area contributed by atoms with E-state index in [1.54, 1.807) is 17.0 Å². The van der Waals surface area contributed by atoms with Gasteiger partial charge in [0, 0.05) is 11.0 Å². The number of hydrogen-bond acceptors (Lipinski definition) is 5. The van der Waals surface area contributed by atoms with Crippen LogP contribution in [-0.2, 0) is 4.79 Å². The Morgan fingerprint density at radius 3 is 2.67 bits per heavy atom. The molecule has 1 fully saturated rings. The molecule has 0 saturated carbocycles. The van der Waals surface area contributed by atoms with Gasteiger partial charge in [0.2, 0.25) is 0 Å². The molecular formula is C17H16BrNO3S2. The van der Waals surface area contributed by atoms with Crippen LogP contribution in [0.25, 0.3) is 6.08 Å². The topological polar surface area (TPSA) is 38.8 Å². The third kappa shape index (κ3) is 4.12. The van der Waals surface area contributed by atoms with Crippen LogP contribution in [-0.4, -0.2) is 34.9 Å². The van der Waals surface area contributed by atoms with Gasteiger partial charge in [0.05, 0.1) is 11.5 Å². The van der Waals surface area contributed by atoms with E-state index in [4.69, 9.17) is 28.1 Å². The van der Waals surface area contributed by atoms with Crippen molar-refractivity contribution in [2.24, 2.45) is 0 Å². The Labute approximate surface area is 159 Å². The molecule has 4 nitrogen and oxygen atoms in total. The van der Waals surface area contributed by atoms with Gasteiger partial charge >= 0.3 is 0 Å². The third-order valence-corrected chi connectivity index (χ3v) is 5.21. The quantitative estimate of drug-likeness (QED) is 0.390. The first kappa shape index (κ1) is 18.8. The van der Waals surface area contributed by atoms with Gasteiger partial charge in [-0.15, -0.1) is 6.42 Å². The number of carbonyl (C=O) groups is 1.